The van der Waals surface area contributed by atoms with E-state index in [9.17, 15) is 4.79 Å². The van der Waals surface area contributed by atoms with E-state index < -0.39 is 0 Å². The third-order valence-electron chi connectivity index (χ3n) is 5.61. The van der Waals surface area contributed by atoms with E-state index in [4.69, 9.17) is 5.73 Å². The second kappa shape index (κ2) is 6.02. The Hall–Kier alpha value is -0.610. The molecule has 1 amide bonds. The van der Waals surface area contributed by atoms with Crippen LogP contribution in [-0.4, -0.2) is 53.5 Å². The topological polar surface area (TPSA) is 49.6 Å². The lowest BCUT2D eigenvalue weighted by atomic mass is 9.84. The molecule has 0 radical (unpaired) electrons. The molecule has 114 valence electrons. The molecule has 0 bridgehead atoms. The van der Waals surface area contributed by atoms with Gasteiger partial charge in [-0.2, -0.15) is 0 Å². The monoisotopic (exact) mass is 279 g/mol. The van der Waals surface area contributed by atoms with E-state index in [1.54, 1.807) is 0 Å². The van der Waals surface area contributed by atoms with Gasteiger partial charge in [-0.1, -0.05) is 0 Å². The molecule has 1 saturated carbocycles. The van der Waals surface area contributed by atoms with Crippen LogP contribution in [0.15, 0.2) is 0 Å². The van der Waals surface area contributed by atoms with Crippen molar-refractivity contribution < 1.29 is 4.79 Å². The smallest absolute Gasteiger partial charge is 0.223 e. The molecule has 2 atom stereocenters. The number of hydrogen-bond acceptors (Lipinski definition) is 3. The van der Waals surface area contributed by atoms with Crippen LogP contribution in [0.5, 0.6) is 0 Å². The maximum absolute atomic E-state index is 12.6. The highest BCUT2D eigenvalue weighted by atomic mass is 16.2. The first-order chi connectivity index (χ1) is 9.63. The normalized spacial score (nSPS) is 38.8. The van der Waals surface area contributed by atoms with Gasteiger partial charge in [0.05, 0.1) is 0 Å². The lowest BCUT2D eigenvalue weighted by molar-refractivity contribution is -0.138. The molecule has 0 aromatic heterocycles. The second-order valence-electron chi connectivity index (χ2n) is 7.17. The minimum absolute atomic E-state index is 0.377. The Balaban J connectivity index is 1.53. The van der Waals surface area contributed by atoms with Crippen LogP contribution < -0.4 is 5.73 Å². The zero-order chi connectivity index (χ0) is 14.1. The Labute approximate surface area is 122 Å². The molecule has 20 heavy (non-hydrogen) atoms. The first-order valence-electron chi connectivity index (χ1n) is 8.42. The summed E-state index contributed by atoms with van der Waals surface area (Å²) < 4.78 is 0. The SMILES string of the molecule is CC1CN2CCCC2CN1C(=O)CC1CCC(N)CC1. The quantitative estimate of drug-likeness (QED) is 0.835. The van der Waals surface area contributed by atoms with Crippen LogP contribution in [0.3, 0.4) is 0 Å². The van der Waals surface area contributed by atoms with E-state index in [0.29, 0.717) is 30.0 Å². The van der Waals surface area contributed by atoms with Crippen molar-refractivity contribution in [2.24, 2.45) is 11.7 Å². The number of nitrogens with two attached hydrogens (primary N) is 1. The van der Waals surface area contributed by atoms with Crippen molar-refractivity contribution in [3.63, 3.8) is 0 Å². The Kier molecular flexibility index (Phi) is 4.32. The van der Waals surface area contributed by atoms with Crippen LogP contribution in [0.2, 0.25) is 0 Å². The standard InChI is InChI=1S/C16H29N3O/c1-12-10-18-8-2-3-15(18)11-19(12)16(20)9-13-4-6-14(17)7-5-13/h12-15H,2-11,17H2,1H3. The first-order valence-corrected chi connectivity index (χ1v) is 8.42. The summed E-state index contributed by atoms with van der Waals surface area (Å²) >= 11 is 0. The van der Waals surface area contributed by atoms with Crippen LogP contribution in [0.4, 0.5) is 0 Å². The average Bonchev–Trinajstić information content (AvgIpc) is 2.87. The van der Waals surface area contributed by atoms with E-state index in [-0.39, 0.29) is 0 Å². The lowest BCUT2D eigenvalue weighted by Crippen LogP contribution is -2.57. The van der Waals surface area contributed by atoms with Crippen LogP contribution in [0.25, 0.3) is 0 Å². The van der Waals surface area contributed by atoms with E-state index in [0.717, 1.165) is 45.2 Å². The van der Waals surface area contributed by atoms with Crippen molar-refractivity contribution in [2.75, 3.05) is 19.6 Å². The largest absolute Gasteiger partial charge is 0.337 e. The van der Waals surface area contributed by atoms with Crippen molar-refractivity contribution in [3.8, 4) is 0 Å². The molecular weight excluding hydrogens is 250 g/mol. The highest BCUT2D eigenvalue weighted by Gasteiger charge is 2.36. The lowest BCUT2D eigenvalue weighted by Gasteiger charge is -2.43. The molecule has 2 saturated heterocycles. The maximum atomic E-state index is 12.6. The summed E-state index contributed by atoms with van der Waals surface area (Å²) in [6, 6.07) is 1.40. The van der Waals surface area contributed by atoms with Gasteiger partial charge in [-0.05, 0) is 57.9 Å². The van der Waals surface area contributed by atoms with Gasteiger partial charge >= 0.3 is 0 Å². The second-order valence-corrected chi connectivity index (χ2v) is 7.17. The fourth-order valence-corrected chi connectivity index (χ4v) is 4.29. The Morgan fingerprint density at radius 3 is 2.65 bits per heavy atom. The third kappa shape index (κ3) is 3.01. The molecule has 3 aliphatic rings. The molecule has 4 heteroatoms. The van der Waals surface area contributed by atoms with Crippen molar-refractivity contribution in [3.05, 3.63) is 0 Å². The van der Waals surface area contributed by atoms with Gasteiger partial charge in [0, 0.05) is 37.6 Å². The van der Waals surface area contributed by atoms with Gasteiger partial charge in [-0.15, -0.1) is 0 Å². The highest BCUT2D eigenvalue weighted by molar-refractivity contribution is 5.77. The van der Waals surface area contributed by atoms with Gasteiger partial charge in [0.25, 0.3) is 0 Å². The number of nitrogens with zero attached hydrogens (tertiary/aromatic N) is 2. The Bertz CT molecular complexity index is 352. The van der Waals surface area contributed by atoms with Crippen LogP contribution >= 0.6 is 0 Å². The molecule has 3 fully saturated rings. The van der Waals surface area contributed by atoms with Gasteiger partial charge in [-0.25, -0.2) is 0 Å². The van der Waals surface area contributed by atoms with Crippen LogP contribution in [0, 0.1) is 5.92 Å². The van der Waals surface area contributed by atoms with Gasteiger partial charge in [0.15, 0.2) is 0 Å². The number of fused-ring (bicyclic) bond motifs is 1. The van der Waals surface area contributed by atoms with E-state index in [1.165, 1.54) is 19.4 Å². The van der Waals surface area contributed by atoms with Crippen molar-refractivity contribution in [1.82, 2.24) is 9.80 Å². The molecule has 2 aliphatic heterocycles. The zero-order valence-corrected chi connectivity index (χ0v) is 12.8. The number of carbonyl (C=O) groups is 1. The van der Waals surface area contributed by atoms with Gasteiger partial charge in [0.2, 0.25) is 5.91 Å². The molecular formula is C16H29N3O. The minimum atomic E-state index is 0.377. The molecule has 0 aromatic rings. The maximum Gasteiger partial charge on any atom is 0.223 e. The van der Waals surface area contributed by atoms with Gasteiger partial charge in [0.1, 0.15) is 0 Å². The van der Waals surface area contributed by atoms with Crippen LogP contribution in [-0.2, 0) is 4.79 Å². The van der Waals surface area contributed by atoms with Gasteiger partial charge in [-0.3, -0.25) is 9.69 Å². The van der Waals surface area contributed by atoms with E-state index >= 15 is 0 Å². The fourth-order valence-electron chi connectivity index (χ4n) is 4.29. The predicted octanol–water partition coefficient (Wildman–Crippen LogP) is 1.59. The summed E-state index contributed by atoms with van der Waals surface area (Å²) in [7, 11) is 0. The summed E-state index contributed by atoms with van der Waals surface area (Å²) in [4.78, 5) is 17.4. The molecule has 0 spiro atoms. The molecule has 2 N–H and O–H groups in total. The van der Waals surface area contributed by atoms with Crippen molar-refractivity contribution in [1.29, 1.82) is 0 Å². The van der Waals surface area contributed by atoms with Gasteiger partial charge < -0.3 is 10.6 Å². The summed E-state index contributed by atoms with van der Waals surface area (Å²) in [5, 5.41) is 0. The molecule has 1 aliphatic carbocycles. The predicted molar refractivity (Wildman–Crippen MR) is 80.3 cm³/mol. The summed E-state index contributed by atoms with van der Waals surface area (Å²) in [5.74, 6) is 0.973. The van der Waals surface area contributed by atoms with E-state index in [1.807, 2.05) is 0 Å². The minimum Gasteiger partial charge on any atom is -0.337 e. The number of amides is 1. The van der Waals surface area contributed by atoms with Crippen molar-refractivity contribution in [2.45, 2.75) is 70.0 Å². The Morgan fingerprint density at radius 1 is 1.15 bits per heavy atom. The number of carbonyl (C=O) groups excluding carboxylic acids is 1. The highest BCUT2D eigenvalue weighted by Crippen LogP contribution is 2.29. The molecule has 4 nitrogen and oxygen atoms in total. The molecule has 2 heterocycles. The van der Waals surface area contributed by atoms with Crippen molar-refractivity contribution >= 4 is 5.91 Å². The third-order valence-corrected chi connectivity index (χ3v) is 5.61. The Morgan fingerprint density at radius 2 is 1.90 bits per heavy atom. The number of hydrogen-bond donors (Lipinski definition) is 1. The first kappa shape index (κ1) is 14.3. The average molecular weight is 279 g/mol. The summed E-state index contributed by atoms with van der Waals surface area (Å²) in [6.45, 7) is 5.49. The zero-order valence-electron chi connectivity index (χ0n) is 12.8. The number of rotatable bonds is 2. The van der Waals surface area contributed by atoms with E-state index in [2.05, 4.69) is 16.7 Å². The molecule has 0 aromatic carbocycles. The fraction of sp³-hybridized carbons (Fsp3) is 0.938. The van der Waals surface area contributed by atoms with Crippen LogP contribution in [0.1, 0.15) is 51.9 Å². The molecule has 3 rings (SSSR count). The molecule has 2 unspecified atom stereocenters. The number of piperazine rings is 1. The summed E-state index contributed by atoms with van der Waals surface area (Å²) in [6.07, 6.45) is 7.82. The summed E-state index contributed by atoms with van der Waals surface area (Å²) in [5.41, 5.74) is 5.95.